The molecule has 3 aliphatic rings. The molecule has 0 radical (unpaired) electrons. The minimum absolute atomic E-state index is 0.00414. The molecule has 2 amide bonds. The first-order chi connectivity index (χ1) is 20.0. The van der Waals surface area contributed by atoms with Crippen LogP contribution in [-0.4, -0.2) is 57.8 Å². The number of carbonyl (C=O) groups is 2. The average molecular weight is 575 g/mol. The molecule has 0 heterocycles. The van der Waals surface area contributed by atoms with Crippen molar-refractivity contribution in [2.24, 2.45) is 5.41 Å². The molecule has 3 aliphatic carbocycles. The van der Waals surface area contributed by atoms with Gasteiger partial charge in [0.2, 0.25) is 0 Å². The molecule has 2 aromatic carbocycles. The summed E-state index contributed by atoms with van der Waals surface area (Å²) in [6, 6.07) is 15.3. The van der Waals surface area contributed by atoms with E-state index in [0.717, 1.165) is 43.2 Å². The van der Waals surface area contributed by atoms with Gasteiger partial charge >= 0.3 is 6.03 Å². The summed E-state index contributed by atoms with van der Waals surface area (Å²) in [5.74, 6) is -0.107. The zero-order valence-electron chi connectivity index (χ0n) is 26.2. The van der Waals surface area contributed by atoms with Crippen LogP contribution in [0.5, 0.6) is 0 Å². The van der Waals surface area contributed by atoms with Gasteiger partial charge in [-0.1, -0.05) is 68.0 Å². The average Bonchev–Trinajstić information content (AvgIpc) is 3.20. The van der Waals surface area contributed by atoms with Crippen LogP contribution in [-0.2, 0) is 6.42 Å². The van der Waals surface area contributed by atoms with E-state index in [1.165, 1.54) is 5.57 Å². The fourth-order valence-electron chi connectivity index (χ4n) is 7.12. The number of ketones is 1. The van der Waals surface area contributed by atoms with E-state index in [9.17, 15) is 19.8 Å². The van der Waals surface area contributed by atoms with Crippen LogP contribution in [0.1, 0.15) is 113 Å². The first-order valence-corrected chi connectivity index (χ1v) is 15.8. The van der Waals surface area contributed by atoms with Crippen LogP contribution >= 0.6 is 0 Å². The Balaban J connectivity index is 1.82. The van der Waals surface area contributed by atoms with Gasteiger partial charge in [-0.15, -0.1) is 0 Å². The molecule has 2 bridgehead atoms. The molecule has 5 rings (SSSR count). The van der Waals surface area contributed by atoms with Crippen molar-refractivity contribution in [3.63, 3.8) is 0 Å². The smallest absolute Gasteiger partial charge is 0.317 e. The molecule has 6 heteroatoms. The van der Waals surface area contributed by atoms with Crippen molar-refractivity contribution < 1.29 is 19.8 Å². The van der Waals surface area contributed by atoms with Crippen LogP contribution in [0.4, 0.5) is 4.79 Å². The topological polar surface area (TPSA) is 89.9 Å². The maximum absolute atomic E-state index is 14.0. The number of aliphatic hydroxyl groups is 2. The van der Waals surface area contributed by atoms with E-state index in [2.05, 4.69) is 31.3 Å². The van der Waals surface area contributed by atoms with Crippen molar-refractivity contribution in [1.82, 2.24) is 10.2 Å². The zero-order valence-corrected chi connectivity index (χ0v) is 26.2. The number of amides is 2. The molecule has 1 saturated carbocycles. The summed E-state index contributed by atoms with van der Waals surface area (Å²) >= 11 is 0. The molecule has 4 atom stereocenters. The van der Waals surface area contributed by atoms with Gasteiger partial charge in [-0.2, -0.15) is 0 Å². The molecular weight excluding hydrogens is 524 g/mol. The second kappa shape index (κ2) is 13.6. The zero-order chi connectivity index (χ0) is 30.5. The normalized spacial score (nSPS) is 26.3. The molecule has 0 aromatic heterocycles. The molecule has 4 unspecified atom stereocenters. The quantitative estimate of drug-likeness (QED) is 0.251. The lowest BCUT2D eigenvalue weighted by atomic mass is 9.64. The van der Waals surface area contributed by atoms with E-state index >= 15 is 0 Å². The maximum atomic E-state index is 14.0. The number of allylic oxidation sites excluding steroid dienone is 2. The van der Waals surface area contributed by atoms with Gasteiger partial charge in [-0.25, -0.2) is 4.79 Å². The number of fused-ring (bicyclic) bond motifs is 8. The fourth-order valence-corrected chi connectivity index (χ4v) is 7.12. The van der Waals surface area contributed by atoms with Gasteiger partial charge in [-0.05, 0) is 95.2 Å². The minimum Gasteiger partial charge on any atom is -0.393 e. The monoisotopic (exact) mass is 574 g/mol. The largest absolute Gasteiger partial charge is 0.393 e. The van der Waals surface area contributed by atoms with E-state index in [1.807, 2.05) is 63.2 Å². The SMILES string of the molecule is CCCN(CC1(O)CCC2c3ccc(cc3C(=O)c3ccccc3)CC(O)CCC(C)=CCCC21C)C(=O)NC(C)C. The van der Waals surface area contributed by atoms with Crippen LogP contribution in [0.15, 0.2) is 60.2 Å². The molecule has 42 heavy (non-hydrogen) atoms. The molecule has 228 valence electrons. The molecule has 2 aromatic rings. The van der Waals surface area contributed by atoms with Crippen LogP contribution in [0.2, 0.25) is 0 Å². The number of benzene rings is 2. The summed E-state index contributed by atoms with van der Waals surface area (Å²) in [6.45, 7) is 11.0. The van der Waals surface area contributed by atoms with E-state index in [4.69, 9.17) is 0 Å². The van der Waals surface area contributed by atoms with Gasteiger partial charge in [-0.3, -0.25) is 4.79 Å². The second-order valence-corrected chi connectivity index (χ2v) is 13.2. The Morgan fingerprint density at radius 2 is 1.83 bits per heavy atom. The van der Waals surface area contributed by atoms with Crippen molar-refractivity contribution >= 4 is 11.8 Å². The Bertz CT molecular complexity index is 1270. The predicted molar refractivity (Wildman–Crippen MR) is 169 cm³/mol. The Morgan fingerprint density at radius 1 is 1.10 bits per heavy atom. The lowest BCUT2D eigenvalue weighted by Crippen LogP contribution is -2.56. The van der Waals surface area contributed by atoms with Crippen molar-refractivity contribution in [3.05, 3.63) is 82.4 Å². The first-order valence-electron chi connectivity index (χ1n) is 15.8. The molecular formula is C36H50N2O4. The third-order valence-corrected chi connectivity index (χ3v) is 9.60. The summed E-state index contributed by atoms with van der Waals surface area (Å²) in [5.41, 5.74) is 2.71. The van der Waals surface area contributed by atoms with Gasteiger partial charge in [0.1, 0.15) is 0 Å². The number of hydrogen-bond acceptors (Lipinski definition) is 4. The van der Waals surface area contributed by atoms with Gasteiger partial charge < -0.3 is 20.4 Å². The Hall–Kier alpha value is -2.96. The van der Waals surface area contributed by atoms with Gasteiger partial charge in [0.05, 0.1) is 18.2 Å². The Kier molecular flexibility index (Phi) is 10.3. The summed E-state index contributed by atoms with van der Waals surface area (Å²) < 4.78 is 0. The fraction of sp³-hybridized carbons (Fsp3) is 0.556. The van der Waals surface area contributed by atoms with Crippen LogP contribution in [0.25, 0.3) is 0 Å². The highest BCUT2D eigenvalue weighted by Crippen LogP contribution is 2.58. The second-order valence-electron chi connectivity index (χ2n) is 13.2. The molecule has 0 aliphatic heterocycles. The molecule has 0 saturated heterocycles. The van der Waals surface area contributed by atoms with E-state index in [0.29, 0.717) is 36.9 Å². The third-order valence-electron chi connectivity index (χ3n) is 9.60. The number of nitrogens with zero attached hydrogens (tertiary/aromatic N) is 1. The molecule has 1 fully saturated rings. The van der Waals surface area contributed by atoms with E-state index in [-0.39, 0.29) is 30.3 Å². The van der Waals surface area contributed by atoms with Gasteiger partial charge in [0, 0.05) is 29.1 Å². The number of nitrogens with one attached hydrogen (secondary N) is 1. The summed E-state index contributed by atoms with van der Waals surface area (Å²) in [5, 5.41) is 26.4. The van der Waals surface area contributed by atoms with E-state index in [1.54, 1.807) is 4.90 Å². The number of rotatable bonds is 7. The standard InChI is InChI=1S/C36H50N2O4/c1-6-21-38(34(41)37-25(2)3)24-36(42)20-18-32-30-17-15-27(23-31(30)33(40)28-12-8-7-9-13-28)22-29(39)16-14-26(4)11-10-19-35(32,36)5/h7-9,11-13,15,17,23,25,29,32,39,42H,6,10,14,16,18-22,24H2,1-5H3,(H,37,41). The molecule has 6 nitrogen and oxygen atoms in total. The van der Waals surface area contributed by atoms with Gasteiger partial charge in [0.25, 0.3) is 0 Å². The highest BCUT2D eigenvalue weighted by Gasteiger charge is 2.57. The molecule has 0 spiro atoms. The van der Waals surface area contributed by atoms with Crippen LogP contribution < -0.4 is 5.32 Å². The predicted octanol–water partition coefficient (Wildman–Crippen LogP) is 6.79. The summed E-state index contributed by atoms with van der Waals surface area (Å²) in [7, 11) is 0. The number of aliphatic hydroxyl groups excluding tert-OH is 1. The maximum Gasteiger partial charge on any atom is 0.317 e. The number of hydrogen-bond donors (Lipinski definition) is 3. The van der Waals surface area contributed by atoms with Crippen molar-refractivity contribution in [2.45, 2.75) is 110 Å². The van der Waals surface area contributed by atoms with Crippen molar-refractivity contribution in [1.29, 1.82) is 0 Å². The van der Waals surface area contributed by atoms with E-state index < -0.39 is 17.1 Å². The highest BCUT2D eigenvalue weighted by molar-refractivity contribution is 6.10. The van der Waals surface area contributed by atoms with Crippen molar-refractivity contribution in [3.8, 4) is 0 Å². The summed E-state index contributed by atoms with van der Waals surface area (Å²) in [6.07, 6.45) is 7.29. The first kappa shape index (κ1) is 32.0. The molecule has 3 N–H and O–H groups in total. The number of carbonyl (C=O) groups excluding carboxylic acids is 2. The van der Waals surface area contributed by atoms with Gasteiger partial charge in [0.15, 0.2) is 5.78 Å². The highest BCUT2D eigenvalue weighted by atomic mass is 16.3. The third kappa shape index (κ3) is 6.98. The Labute approximate surface area is 252 Å². The number of urea groups is 1. The van der Waals surface area contributed by atoms with Crippen molar-refractivity contribution in [2.75, 3.05) is 13.1 Å². The lowest BCUT2D eigenvalue weighted by Gasteiger charge is -2.46. The Morgan fingerprint density at radius 3 is 2.52 bits per heavy atom. The summed E-state index contributed by atoms with van der Waals surface area (Å²) in [4.78, 5) is 29.0. The lowest BCUT2D eigenvalue weighted by molar-refractivity contribution is -0.0770. The minimum atomic E-state index is -1.12. The van der Waals surface area contributed by atoms with Crippen LogP contribution in [0.3, 0.4) is 0 Å². The van der Waals surface area contributed by atoms with Crippen LogP contribution in [0, 0.1) is 5.41 Å².